The Morgan fingerprint density at radius 3 is 1.35 bits per heavy atom. The minimum absolute atomic E-state index is 0.0116. The van der Waals surface area contributed by atoms with Gasteiger partial charge in [0.1, 0.15) is 54.4 Å². The van der Waals surface area contributed by atoms with E-state index < -0.39 is 110 Å². The summed E-state index contributed by atoms with van der Waals surface area (Å²) >= 11 is 0. The van der Waals surface area contributed by atoms with E-state index in [9.17, 15) is 79.4 Å². The number of amides is 2. The largest absolute Gasteiger partial charge is 0.503 e. The van der Waals surface area contributed by atoms with E-state index in [0.717, 1.165) is 60.9 Å². The molecule has 0 saturated carbocycles. The van der Waals surface area contributed by atoms with Crippen LogP contribution in [0.15, 0.2) is 148 Å². The molecule has 8 aromatic rings. The number of aliphatic hydroxyl groups excluding tert-OH is 2. The van der Waals surface area contributed by atoms with Gasteiger partial charge >= 0.3 is 5.97 Å². The molecule has 4 aliphatic rings. The number of Topliss-reactive ketones (excluding diaryl/α,β-unsaturated/α-hetero) is 3. The molecule has 0 unspecified atom stereocenters. The Bertz CT molecular complexity index is 4750. The van der Waals surface area contributed by atoms with E-state index in [-0.39, 0.29) is 152 Å². The van der Waals surface area contributed by atoms with Crippen LogP contribution in [-0.4, -0.2) is 145 Å². The monoisotopic (exact) mass is 1470 g/mol. The number of benzene rings is 5. The van der Waals surface area contributed by atoms with Gasteiger partial charge in [-0.1, -0.05) is 78.9 Å². The summed E-state index contributed by atoms with van der Waals surface area (Å²) in [6, 6.07) is 26.7. The Balaban J connectivity index is 0.000000193. The zero-order chi connectivity index (χ0) is 77.2. The molecule has 560 valence electrons. The van der Waals surface area contributed by atoms with Crippen molar-refractivity contribution in [2.24, 2.45) is 5.73 Å². The Labute approximate surface area is 602 Å². The number of aliphatic hydroxyl groups is 2. The molecule has 0 radical (unpaired) electrons. The van der Waals surface area contributed by atoms with Crippen LogP contribution in [0.1, 0.15) is 130 Å². The summed E-state index contributed by atoms with van der Waals surface area (Å²) in [5.41, 5.74) is 3.26. The van der Waals surface area contributed by atoms with Gasteiger partial charge in [-0.05, 0) is 86.1 Å². The van der Waals surface area contributed by atoms with Crippen molar-refractivity contribution in [3.63, 3.8) is 0 Å². The third-order valence-corrected chi connectivity index (χ3v) is 17.1. The van der Waals surface area contributed by atoms with E-state index in [1.807, 2.05) is 37.3 Å². The summed E-state index contributed by atoms with van der Waals surface area (Å²) in [6.45, 7) is 6.21. The van der Waals surface area contributed by atoms with Gasteiger partial charge in [-0.25, -0.2) is 31.1 Å². The van der Waals surface area contributed by atoms with Crippen molar-refractivity contribution in [3.05, 3.63) is 261 Å². The van der Waals surface area contributed by atoms with Gasteiger partial charge in [0.05, 0.1) is 75.3 Å². The molecule has 0 spiro atoms. The highest BCUT2D eigenvalue weighted by Crippen LogP contribution is 2.33. The molecule has 30 heteroatoms. The van der Waals surface area contributed by atoms with Crippen LogP contribution in [0.2, 0.25) is 0 Å². The lowest BCUT2D eigenvalue weighted by Gasteiger charge is -2.34. The first-order valence-corrected chi connectivity index (χ1v) is 33.2. The highest BCUT2D eigenvalue weighted by atomic mass is 19.2. The normalized spacial score (nSPS) is 16.1. The van der Waals surface area contributed by atoms with Crippen LogP contribution in [0.3, 0.4) is 0 Å². The number of fused-ring (bicyclic) bond motifs is 4. The predicted octanol–water partition coefficient (Wildman–Crippen LogP) is 8.01. The minimum atomic E-state index is -0.944. The number of esters is 1. The molecule has 0 bridgehead atoms. The third kappa shape index (κ3) is 19.2. The van der Waals surface area contributed by atoms with Crippen molar-refractivity contribution < 1.29 is 98.9 Å². The van der Waals surface area contributed by atoms with Crippen LogP contribution in [0.5, 0.6) is 17.2 Å². The summed E-state index contributed by atoms with van der Waals surface area (Å²) < 4.78 is 113. The average Bonchev–Trinajstić information content (AvgIpc) is 1.02. The summed E-state index contributed by atoms with van der Waals surface area (Å²) in [5, 5.41) is 25.4. The van der Waals surface area contributed by atoms with Crippen molar-refractivity contribution >= 4 is 41.4 Å². The van der Waals surface area contributed by atoms with E-state index in [0.29, 0.717) is 31.1 Å². The van der Waals surface area contributed by atoms with Crippen molar-refractivity contribution in [3.8, 4) is 17.2 Å². The van der Waals surface area contributed by atoms with E-state index in [2.05, 4.69) is 0 Å². The quantitative estimate of drug-likeness (QED) is 0.0216. The highest BCUT2D eigenvalue weighted by molar-refractivity contribution is 6.02. The second-order valence-electron chi connectivity index (χ2n) is 24.7. The molecule has 2 fully saturated rings. The number of aromatic hydroxyl groups is 1. The molecule has 5 atom stereocenters. The fraction of sp³-hybridized carbons (Fsp3) is 0.316. The van der Waals surface area contributed by atoms with Gasteiger partial charge < -0.3 is 73.0 Å². The molecule has 2 saturated heterocycles. The molecule has 5 aromatic carbocycles. The van der Waals surface area contributed by atoms with Crippen LogP contribution < -0.4 is 31.5 Å². The number of ketones is 3. The van der Waals surface area contributed by atoms with E-state index in [4.69, 9.17) is 39.6 Å². The molecular weight excluding hydrogens is 1400 g/mol. The second kappa shape index (κ2) is 37.0. The zero-order valence-corrected chi connectivity index (χ0v) is 58.1. The summed E-state index contributed by atoms with van der Waals surface area (Å²) in [4.78, 5) is 130. The summed E-state index contributed by atoms with van der Waals surface area (Å²) in [6.07, 6.45) is 2.32. The summed E-state index contributed by atoms with van der Waals surface area (Å²) in [5.74, 6) is -9.59. The molecular formula is C76H76F6N6O18. The van der Waals surface area contributed by atoms with Gasteiger partial charge in [0, 0.05) is 69.2 Å². The number of pyridine rings is 3. The number of methoxy groups -OCH3 is 1. The number of halogens is 6. The second-order valence-corrected chi connectivity index (χ2v) is 24.7. The SMILES string of the molecule is CO.COC(=O)c1c(OCc2ccccc2)c(=O)c(C(=O)CCc2ccc(F)cc2F)cn1CC=O.C[C@@H](N)CO.C[C@@H]1CO[C@H]2Cn3cc(C(=O)CCc4ccc(F)cc4F)c(=O)c(O)c3C(=O)N12.C[C@@H]1CO[C@H]2Cn3cc(C(=O)CCc4ccc(F)cc4F)c(=O)c(OCc4ccccc4)c3C(=O)N12. The van der Waals surface area contributed by atoms with Crippen LogP contribution in [0.4, 0.5) is 26.3 Å². The molecule has 12 rings (SSSR count). The van der Waals surface area contributed by atoms with Gasteiger partial charge in [-0.15, -0.1) is 0 Å². The van der Waals surface area contributed by atoms with E-state index in [1.54, 1.807) is 49.1 Å². The first-order valence-electron chi connectivity index (χ1n) is 33.2. The lowest BCUT2D eigenvalue weighted by molar-refractivity contribution is -0.108. The standard InChI is InChI=1S/C27H24F2N2O5.C25H21F2NO6.C20H18F2N2O5.C3H9NO.CH4O/c1-16-14-35-23-13-30-12-20(22(32)10-8-18-7-9-19(28)11-21(18)29)25(33)26(24(30)27(34)31(16)23)36-15-17-5-3-2-4-6-17;1-33-25(32)22-24(34-15-16-5-3-2-4-6-16)23(31)19(14-28(22)11-12-29)21(30)10-8-17-7-9-18(26)13-20(17)27;1-10-9-29-16-8-23-7-13(18(26)19(27)17(23)20(28)24(10)16)15(25)5-3-11-2-4-12(21)6-14(11)22;1-3(4)2-5;1-2/h2-7,9,11-12,16,23H,8,10,13-15H2,1H3;2-7,9,12-14H,8,10-11,15H2,1H3;2,4,6-7,10,16,27H,3,5,8-9H2,1H3;3,5H,2,4H2,1H3;2H,1H3/t16-,23+;;10-,16+;3-;/m1.11./s1. The van der Waals surface area contributed by atoms with Gasteiger partial charge in [-0.2, -0.15) is 0 Å². The van der Waals surface area contributed by atoms with Crippen LogP contribution in [0, 0.1) is 34.9 Å². The zero-order valence-electron chi connectivity index (χ0n) is 58.1. The number of nitrogens with zero attached hydrogens (tertiary/aromatic N) is 5. The molecule has 2 amide bonds. The molecule has 24 nitrogen and oxygen atoms in total. The highest BCUT2D eigenvalue weighted by Gasteiger charge is 2.45. The number of carbonyl (C=O) groups excluding carboxylic acids is 7. The number of aromatic nitrogens is 3. The first-order chi connectivity index (χ1) is 50.7. The summed E-state index contributed by atoms with van der Waals surface area (Å²) in [7, 11) is 2.11. The van der Waals surface area contributed by atoms with Gasteiger partial charge in [0.2, 0.25) is 16.3 Å². The number of hydrogen-bond donors (Lipinski definition) is 4. The number of rotatable bonds is 22. The lowest BCUT2D eigenvalue weighted by Crippen LogP contribution is -2.49. The smallest absolute Gasteiger partial charge is 0.358 e. The third-order valence-electron chi connectivity index (χ3n) is 17.1. The number of carbonyl (C=O) groups is 7. The van der Waals surface area contributed by atoms with Gasteiger partial charge in [0.15, 0.2) is 64.1 Å². The minimum Gasteiger partial charge on any atom is -0.503 e. The number of aldehydes is 1. The molecule has 0 aliphatic carbocycles. The Morgan fingerprint density at radius 2 is 0.953 bits per heavy atom. The topological polar surface area (TPSA) is 325 Å². The van der Waals surface area contributed by atoms with Crippen LogP contribution in [-0.2, 0) is 71.1 Å². The fourth-order valence-electron chi connectivity index (χ4n) is 11.8. The number of ether oxygens (including phenoxy) is 5. The molecule has 5 N–H and O–H groups in total. The van der Waals surface area contributed by atoms with Crippen molar-refractivity contribution in [2.45, 2.75) is 123 Å². The first kappa shape index (κ1) is 80.5. The average molecular weight is 1480 g/mol. The van der Waals surface area contributed by atoms with Gasteiger partial charge in [-0.3, -0.25) is 38.4 Å². The molecule has 4 aliphatic heterocycles. The van der Waals surface area contributed by atoms with Crippen LogP contribution >= 0.6 is 0 Å². The van der Waals surface area contributed by atoms with Crippen molar-refractivity contribution in [1.82, 2.24) is 23.5 Å². The van der Waals surface area contributed by atoms with E-state index >= 15 is 0 Å². The Hall–Kier alpha value is -11.2. The maximum absolute atomic E-state index is 14.0. The molecule has 106 heavy (non-hydrogen) atoms. The van der Waals surface area contributed by atoms with E-state index in [1.165, 1.54) is 44.6 Å². The van der Waals surface area contributed by atoms with Crippen LogP contribution in [0.25, 0.3) is 0 Å². The maximum atomic E-state index is 14.0. The molecule has 3 aromatic heterocycles. The number of aryl methyl sites for hydroxylation is 3. The van der Waals surface area contributed by atoms with Crippen molar-refractivity contribution in [1.29, 1.82) is 0 Å². The van der Waals surface area contributed by atoms with Crippen molar-refractivity contribution in [2.75, 3.05) is 34.0 Å². The maximum Gasteiger partial charge on any atom is 0.358 e. The Kier molecular flexibility index (Phi) is 28.1. The lowest BCUT2D eigenvalue weighted by atomic mass is 10.0. The fourth-order valence-corrected chi connectivity index (χ4v) is 11.8. The number of nitrogens with two attached hydrogens (primary N) is 1. The molecule has 7 heterocycles. The number of hydrogen-bond acceptors (Lipinski definition) is 19. The van der Waals surface area contributed by atoms with Gasteiger partial charge in [0.25, 0.3) is 11.8 Å². The predicted molar refractivity (Wildman–Crippen MR) is 369 cm³/mol. The Morgan fingerprint density at radius 1 is 0.575 bits per heavy atom.